The first-order chi connectivity index (χ1) is 16.8. The molecule has 0 unspecified atom stereocenters. The van der Waals surface area contributed by atoms with Crippen molar-refractivity contribution in [2.45, 2.75) is 19.5 Å². The number of halogens is 3. The molecular weight excluding hydrogens is 496 g/mol. The van der Waals surface area contributed by atoms with Gasteiger partial charge in [0.2, 0.25) is 5.95 Å². The van der Waals surface area contributed by atoms with E-state index in [1.807, 2.05) is 12.1 Å². The molecule has 0 saturated carbocycles. The maximum atomic E-state index is 14.2. The van der Waals surface area contributed by atoms with Crippen LogP contribution in [0.1, 0.15) is 33.9 Å². The van der Waals surface area contributed by atoms with Gasteiger partial charge in [0, 0.05) is 28.6 Å². The predicted octanol–water partition coefficient (Wildman–Crippen LogP) is 4.50. The van der Waals surface area contributed by atoms with E-state index in [9.17, 15) is 18.4 Å². The topological polar surface area (TPSA) is 88.9 Å². The first-order valence-corrected chi connectivity index (χ1v) is 11.7. The average molecular weight is 516 g/mol. The number of amides is 1. The lowest BCUT2D eigenvalue weighted by Gasteiger charge is -2.13. The van der Waals surface area contributed by atoms with Crippen LogP contribution in [0.15, 0.2) is 59.5 Å². The molecule has 7 nitrogen and oxygen atoms in total. The van der Waals surface area contributed by atoms with E-state index in [0.29, 0.717) is 12.1 Å². The molecule has 0 aliphatic carbocycles. The number of benzene rings is 1. The van der Waals surface area contributed by atoms with Crippen molar-refractivity contribution in [3.63, 3.8) is 0 Å². The number of carbonyl (C=O) groups excluding carboxylic acids is 1. The first kappa shape index (κ1) is 24.6. The zero-order valence-corrected chi connectivity index (χ0v) is 20.3. The van der Waals surface area contributed by atoms with Gasteiger partial charge in [-0.1, -0.05) is 11.6 Å². The lowest BCUT2D eigenvalue weighted by molar-refractivity contribution is 0.0933. The molecule has 180 valence electrons. The molecule has 0 bridgehead atoms. The van der Waals surface area contributed by atoms with Crippen LogP contribution in [-0.2, 0) is 6.54 Å². The second kappa shape index (κ2) is 10.4. The number of hydrogen-bond donors (Lipinski definition) is 2. The van der Waals surface area contributed by atoms with E-state index < -0.39 is 29.3 Å². The second-order valence-corrected chi connectivity index (χ2v) is 9.16. The van der Waals surface area contributed by atoms with E-state index in [-0.39, 0.29) is 16.4 Å². The summed E-state index contributed by atoms with van der Waals surface area (Å²) in [6.45, 7) is 2.30. The number of thiophene rings is 1. The SMILES string of the molecule is CNCc1cc(Cl)c(F)cc1-c1ccc([C@@H](C)NC(=O)c2ccc(=O)n(-c3cccnc3F)n2)s1. The molecule has 0 fully saturated rings. The molecule has 0 aliphatic rings. The maximum absolute atomic E-state index is 14.2. The van der Waals surface area contributed by atoms with Crippen molar-refractivity contribution in [1.29, 1.82) is 0 Å². The number of nitrogens with zero attached hydrogens (tertiary/aromatic N) is 3. The number of rotatable bonds is 7. The Hall–Kier alpha value is -3.47. The Kier molecular flexibility index (Phi) is 7.34. The molecule has 0 spiro atoms. The van der Waals surface area contributed by atoms with Crippen molar-refractivity contribution in [3.05, 3.63) is 98.0 Å². The molecule has 2 N–H and O–H groups in total. The maximum Gasteiger partial charge on any atom is 0.272 e. The molecule has 0 aliphatic heterocycles. The Bertz CT molecular complexity index is 1460. The second-order valence-electron chi connectivity index (χ2n) is 7.63. The van der Waals surface area contributed by atoms with E-state index in [0.717, 1.165) is 26.1 Å². The fourth-order valence-corrected chi connectivity index (χ4v) is 4.71. The number of pyridine rings is 1. The van der Waals surface area contributed by atoms with Crippen LogP contribution >= 0.6 is 22.9 Å². The standard InChI is InChI=1S/C24H20ClF2N5O2S/c1-13(20-6-7-21(35-20)15-11-17(26)16(25)10-14(15)12-28-2)30-24(34)18-5-8-22(33)32(31-18)19-4-3-9-29-23(19)27/h3-11,13,28H,12H2,1-2H3,(H,30,34)/t13-/m1/s1. The van der Waals surface area contributed by atoms with Crippen molar-refractivity contribution < 1.29 is 13.6 Å². The highest BCUT2D eigenvalue weighted by atomic mass is 35.5. The zero-order chi connectivity index (χ0) is 25.1. The minimum absolute atomic E-state index is 0.0522. The highest BCUT2D eigenvalue weighted by Gasteiger charge is 2.18. The van der Waals surface area contributed by atoms with Crippen molar-refractivity contribution in [2.75, 3.05) is 7.05 Å². The minimum Gasteiger partial charge on any atom is -0.343 e. The van der Waals surface area contributed by atoms with Crippen LogP contribution in [0.3, 0.4) is 0 Å². The minimum atomic E-state index is -0.879. The van der Waals surface area contributed by atoms with Gasteiger partial charge in [0.1, 0.15) is 17.2 Å². The van der Waals surface area contributed by atoms with Crippen molar-refractivity contribution >= 4 is 28.8 Å². The fourth-order valence-electron chi connectivity index (χ4n) is 3.47. The van der Waals surface area contributed by atoms with Crippen molar-refractivity contribution in [2.24, 2.45) is 0 Å². The van der Waals surface area contributed by atoms with Gasteiger partial charge < -0.3 is 10.6 Å². The average Bonchev–Trinajstić information content (AvgIpc) is 3.32. The smallest absolute Gasteiger partial charge is 0.272 e. The third-order valence-electron chi connectivity index (χ3n) is 5.18. The van der Waals surface area contributed by atoms with Crippen LogP contribution in [0.25, 0.3) is 16.1 Å². The Morgan fingerprint density at radius 3 is 2.74 bits per heavy atom. The Morgan fingerprint density at radius 2 is 2.00 bits per heavy atom. The molecule has 4 rings (SSSR count). The summed E-state index contributed by atoms with van der Waals surface area (Å²) >= 11 is 7.36. The monoisotopic (exact) mass is 515 g/mol. The largest absolute Gasteiger partial charge is 0.343 e. The van der Waals surface area contributed by atoms with Crippen molar-refractivity contribution in [1.82, 2.24) is 25.4 Å². The van der Waals surface area contributed by atoms with E-state index in [1.54, 1.807) is 20.0 Å². The van der Waals surface area contributed by atoms with Crippen LogP contribution in [0.5, 0.6) is 0 Å². The summed E-state index contributed by atoms with van der Waals surface area (Å²) in [5, 5.41) is 9.93. The molecule has 35 heavy (non-hydrogen) atoms. The van der Waals surface area contributed by atoms with Gasteiger partial charge in [0.05, 0.1) is 11.1 Å². The number of carbonyl (C=O) groups is 1. The van der Waals surface area contributed by atoms with Gasteiger partial charge in [-0.15, -0.1) is 11.3 Å². The highest BCUT2D eigenvalue weighted by molar-refractivity contribution is 7.15. The molecule has 0 radical (unpaired) electrons. The Labute approximate surface area is 208 Å². The Balaban J connectivity index is 1.56. The van der Waals surface area contributed by atoms with Gasteiger partial charge in [-0.3, -0.25) is 9.59 Å². The third-order valence-corrected chi connectivity index (χ3v) is 6.77. The molecule has 1 amide bonds. The molecule has 3 heterocycles. The van der Waals surface area contributed by atoms with E-state index in [1.165, 1.54) is 41.8 Å². The van der Waals surface area contributed by atoms with Gasteiger partial charge >= 0.3 is 0 Å². The molecule has 11 heteroatoms. The summed E-state index contributed by atoms with van der Waals surface area (Å²) in [7, 11) is 1.79. The van der Waals surface area contributed by atoms with Crippen molar-refractivity contribution in [3.8, 4) is 16.1 Å². The van der Waals surface area contributed by atoms with E-state index in [4.69, 9.17) is 11.6 Å². The molecule has 1 atom stereocenters. The quantitative estimate of drug-likeness (QED) is 0.354. The van der Waals surface area contributed by atoms with Crippen LogP contribution in [0.4, 0.5) is 8.78 Å². The van der Waals surface area contributed by atoms with Gasteiger partial charge in [-0.25, -0.2) is 9.37 Å². The van der Waals surface area contributed by atoms with Crippen LogP contribution in [0.2, 0.25) is 5.02 Å². The molecule has 4 aromatic rings. The number of aromatic nitrogens is 3. The van der Waals surface area contributed by atoms with Crippen LogP contribution < -0.4 is 16.2 Å². The van der Waals surface area contributed by atoms with E-state index >= 15 is 0 Å². The highest BCUT2D eigenvalue weighted by Crippen LogP contribution is 2.35. The predicted molar refractivity (Wildman–Crippen MR) is 131 cm³/mol. The lowest BCUT2D eigenvalue weighted by atomic mass is 10.1. The molecule has 1 aromatic carbocycles. The van der Waals surface area contributed by atoms with Gasteiger partial charge in [-0.05, 0) is 67.6 Å². The summed E-state index contributed by atoms with van der Waals surface area (Å²) in [4.78, 5) is 30.2. The number of nitrogens with one attached hydrogen (secondary N) is 2. The summed E-state index contributed by atoms with van der Waals surface area (Å²) in [6.07, 6.45) is 1.25. The Morgan fingerprint density at radius 1 is 1.20 bits per heavy atom. The normalized spacial score (nSPS) is 11.9. The molecule has 0 saturated heterocycles. The zero-order valence-electron chi connectivity index (χ0n) is 18.7. The summed E-state index contributed by atoms with van der Waals surface area (Å²) in [5.74, 6) is -1.93. The van der Waals surface area contributed by atoms with E-state index in [2.05, 4.69) is 20.7 Å². The summed E-state index contributed by atoms with van der Waals surface area (Å²) in [6, 6.07) is 11.5. The third kappa shape index (κ3) is 5.29. The lowest BCUT2D eigenvalue weighted by Crippen LogP contribution is -2.30. The summed E-state index contributed by atoms with van der Waals surface area (Å²) in [5.41, 5.74) is 0.738. The number of hydrogen-bond acceptors (Lipinski definition) is 6. The van der Waals surface area contributed by atoms with Crippen LogP contribution in [0, 0.1) is 11.8 Å². The molecule has 3 aromatic heterocycles. The first-order valence-electron chi connectivity index (χ1n) is 10.5. The molecular formula is C24H20ClF2N5O2S. The van der Waals surface area contributed by atoms with Gasteiger partial charge in [0.25, 0.3) is 11.5 Å². The van der Waals surface area contributed by atoms with Gasteiger partial charge in [0.15, 0.2) is 0 Å². The van der Waals surface area contributed by atoms with Gasteiger partial charge in [-0.2, -0.15) is 14.2 Å². The van der Waals surface area contributed by atoms with Crippen LogP contribution in [-0.4, -0.2) is 27.7 Å². The fraction of sp³-hybridized carbons (Fsp3) is 0.167. The summed E-state index contributed by atoms with van der Waals surface area (Å²) < 4.78 is 29.0.